The molecule has 1 aromatic carbocycles. The van der Waals surface area contributed by atoms with Gasteiger partial charge in [0.25, 0.3) is 0 Å². The standard InChI is InChI=1S/C15H24O4/c1-6-15(3,19-7-2)14(16)11-8-9-12(17-4)13(10-11)18-5/h8-10,14,16H,6-7H2,1-5H3. The third-order valence-corrected chi connectivity index (χ3v) is 3.48. The second-order valence-electron chi connectivity index (χ2n) is 4.62. The summed E-state index contributed by atoms with van der Waals surface area (Å²) in [6.45, 7) is 6.40. The summed E-state index contributed by atoms with van der Waals surface area (Å²) in [6, 6.07) is 5.41. The molecule has 0 spiro atoms. The van der Waals surface area contributed by atoms with Gasteiger partial charge in [0.1, 0.15) is 6.10 Å². The number of aliphatic hydroxyl groups is 1. The Morgan fingerprint density at radius 2 is 1.79 bits per heavy atom. The molecule has 108 valence electrons. The smallest absolute Gasteiger partial charge is 0.161 e. The summed E-state index contributed by atoms with van der Waals surface area (Å²) in [4.78, 5) is 0. The maximum Gasteiger partial charge on any atom is 0.161 e. The lowest BCUT2D eigenvalue weighted by Crippen LogP contribution is -2.35. The van der Waals surface area contributed by atoms with E-state index in [0.717, 1.165) is 12.0 Å². The summed E-state index contributed by atoms with van der Waals surface area (Å²) >= 11 is 0. The number of benzene rings is 1. The first-order valence-corrected chi connectivity index (χ1v) is 6.56. The molecule has 0 aliphatic heterocycles. The van der Waals surface area contributed by atoms with Crippen LogP contribution in [0.4, 0.5) is 0 Å². The average Bonchev–Trinajstić information content (AvgIpc) is 2.45. The van der Waals surface area contributed by atoms with E-state index < -0.39 is 11.7 Å². The number of hydrogen-bond donors (Lipinski definition) is 1. The first-order valence-electron chi connectivity index (χ1n) is 6.56. The van der Waals surface area contributed by atoms with Crippen LogP contribution >= 0.6 is 0 Å². The van der Waals surface area contributed by atoms with Gasteiger partial charge in [-0.2, -0.15) is 0 Å². The SMILES string of the molecule is CCOC(C)(CC)C(O)c1ccc(OC)c(OC)c1. The minimum absolute atomic E-state index is 0.564. The van der Waals surface area contributed by atoms with Crippen molar-refractivity contribution in [3.8, 4) is 11.5 Å². The number of hydrogen-bond acceptors (Lipinski definition) is 4. The predicted molar refractivity (Wildman–Crippen MR) is 74.8 cm³/mol. The van der Waals surface area contributed by atoms with E-state index in [2.05, 4.69) is 0 Å². The maximum atomic E-state index is 10.5. The van der Waals surface area contributed by atoms with Crippen LogP contribution in [0.2, 0.25) is 0 Å². The van der Waals surface area contributed by atoms with E-state index in [0.29, 0.717) is 18.1 Å². The van der Waals surface area contributed by atoms with Crippen LogP contribution < -0.4 is 9.47 Å². The second-order valence-corrected chi connectivity index (χ2v) is 4.62. The summed E-state index contributed by atoms with van der Waals surface area (Å²) in [6.07, 6.45) is 0.00773. The van der Waals surface area contributed by atoms with Crippen molar-refractivity contribution >= 4 is 0 Å². The molecule has 0 saturated heterocycles. The van der Waals surface area contributed by atoms with Crippen LogP contribution in [0, 0.1) is 0 Å². The normalized spacial score (nSPS) is 15.7. The van der Waals surface area contributed by atoms with Crippen LogP contribution in [-0.2, 0) is 4.74 Å². The van der Waals surface area contributed by atoms with E-state index >= 15 is 0 Å². The zero-order valence-electron chi connectivity index (χ0n) is 12.4. The Morgan fingerprint density at radius 3 is 2.26 bits per heavy atom. The van der Waals surface area contributed by atoms with Gasteiger partial charge in [-0.15, -0.1) is 0 Å². The van der Waals surface area contributed by atoms with Crippen molar-refractivity contribution < 1.29 is 19.3 Å². The minimum Gasteiger partial charge on any atom is -0.493 e. The molecule has 4 heteroatoms. The summed E-state index contributed by atoms with van der Waals surface area (Å²) < 4.78 is 16.2. The molecule has 0 aromatic heterocycles. The third kappa shape index (κ3) is 3.39. The number of aliphatic hydroxyl groups excluding tert-OH is 1. The lowest BCUT2D eigenvalue weighted by molar-refractivity contribution is -0.113. The zero-order chi connectivity index (χ0) is 14.5. The van der Waals surface area contributed by atoms with E-state index in [9.17, 15) is 5.11 Å². The van der Waals surface area contributed by atoms with E-state index in [1.807, 2.05) is 26.8 Å². The summed E-state index contributed by atoms with van der Waals surface area (Å²) in [7, 11) is 3.17. The molecule has 1 N–H and O–H groups in total. The molecule has 0 bridgehead atoms. The molecule has 0 fully saturated rings. The fraction of sp³-hybridized carbons (Fsp3) is 0.600. The number of methoxy groups -OCH3 is 2. The fourth-order valence-corrected chi connectivity index (χ4v) is 2.08. The summed E-state index contributed by atoms with van der Waals surface area (Å²) in [5.74, 6) is 1.25. The van der Waals surface area contributed by atoms with Crippen LogP contribution in [0.1, 0.15) is 38.9 Å². The van der Waals surface area contributed by atoms with E-state index in [1.54, 1.807) is 26.4 Å². The van der Waals surface area contributed by atoms with Crippen LogP contribution in [0.3, 0.4) is 0 Å². The lowest BCUT2D eigenvalue weighted by Gasteiger charge is -2.33. The highest BCUT2D eigenvalue weighted by atomic mass is 16.5. The Hall–Kier alpha value is -1.26. The third-order valence-electron chi connectivity index (χ3n) is 3.48. The van der Waals surface area contributed by atoms with Crippen molar-refractivity contribution in [1.82, 2.24) is 0 Å². The topological polar surface area (TPSA) is 47.9 Å². The van der Waals surface area contributed by atoms with Gasteiger partial charge in [0.15, 0.2) is 11.5 Å². The quantitative estimate of drug-likeness (QED) is 0.826. The van der Waals surface area contributed by atoms with E-state index in [4.69, 9.17) is 14.2 Å². The lowest BCUT2D eigenvalue weighted by atomic mass is 9.90. The van der Waals surface area contributed by atoms with Gasteiger partial charge in [-0.3, -0.25) is 0 Å². The Morgan fingerprint density at radius 1 is 1.16 bits per heavy atom. The molecule has 4 nitrogen and oxygen atoms in total. The number of ether oxygens (including phenoxy) is 3. The van der Waals surface area contributed by atoms with Gasteiger partial charge in [0, 0.05) is 6.61 Å². The maximum absolute atomic E-state index is 10.5. The molecule has 2 atom stereocenters. The Bertz CT molecular complexity index is 405. The van der Waals surface area contributed by atoms with Crippen LogP contribution in [-0.4, -0.2) is 31.5 Å². The van der Waals surface area contributed by atoms with Crippen molar-refractivity contribution in [3.63, 3.8) is 0 Å². The monoisotopic (exact) mass is 268 g/mol. The molecule has 2 unspecified atom stereocenters. The molecule has 0 aliphatic rings. The van der Waals surface area contributed by atoms with Crippen molar-refractivity contribution in [2.45, 2.75) is 38.9 Å². The van der Waals surface area contributed by atoms with Crippen LogP contribution in [0.5, 0.6) is 11.5 Å². The Labute approximate surface area is 115 Å². The van der Waals surface area contributed by atoms with Gasteiger partial charge in [-0.05, 0) is 38.0 Å². The van der Waals surface area contributed by atoms with Crippen LogP contribution in [0.15, 0.2) is 18.2 Å². The van der Waals surface area contributed by atoms with Gasteiger partial charge in [-0.25, -0.2) is 0 Å². The molecule has 0 heterocycles. The predicted octanol–water partition coefficient (Wildman–Crippen LogP) is 2.94. The molecule has 0 aliphatic carbocycles. The highest BCUT2D eigenvalue weighted by Crippen LogP contribution is 2.36. The number of rotatable bonds is 7. The minimum atomic E-state index is -0.711. The Kier molecular flexibility index (Phi) is 5.63. The van der Waals surface area contributed by atoms with Gasteiger partial charge in [0.2, 0.25) is 0 Å². The van der Waals surface area contributed by atoms with Gasteiger partial charge in [-0.1, -0.05) is 13.0 Å². The first kappa shape index (κ1) is 15.8. The van der Waals surface area contributed by atoms with E-state index in [-0.39, 0.29) is 0 Å². The molecular formula is C15H24O4. The molecule has 1 rings (SSSR count). The van der Waals surface area contributed by atoms with Crippen LogP contribution in [0.25, 0.3) is 0 Å². The van der Waals surface area contributed by atoms with E-state index in [1.165, 1.54) is 0 Å². The molecular weight excluding hydrogens is 244 g/mol. The zero-order valence-corrected chi connectivity index (χ0v) is 12.4. The van der Waals surface area contributed by atoms with Crippen molar-refractivity contribution in [1.29, 1.82) is 0 Å². The Balaban J connectivity index is 3.08. The molecule has 19 heavy (non-hydrogen) atoms. The van der Waals surface area contributed by atoms with Gasteiger partial charge >= 0.3 is 0 Å². The van der Waals surface area contributed by atoms with Crippen molar-refractivity contribution in [2.24, 2.45) is 0 Å². The summed E-state index contributed by atoms with van der Waals surface area (Å²) in [5, 5.41) is 10.5. The van der Waals surface area contributed by atoms with Gasteiger partial charge < -0.3 is 19.3 Å². The van der Waals surface area contributed by atoms with Crippen molar-refractivity contribution in [3.05, 3.63) is 23.8 Å². The van der Waals surface area contributed by atoms with Crippen molar-refractivity contribution in [2.75, 3.05) is 20.8 Å². The first-order chi connectivity index (χ1) is 9.02. The highest BCUT2D eigenvalue weighted by molar-refractivity contribution is 5.43. The molecule has 0 saturated carbocycles. The summed E-state index contributed by atoms with van der Waals surface area (Å²) in [5.41, 5.74) is 0.157. The molecule has 0 radical (unpaired) electrons. The molecule has 0 amide bonds. The fourth-order valence-electron chi connectivity index (χ4n) is 2.08. The van der Waals surface area contributed by atoms with Gasteiger partial charge in [0.05, 0.1) is 19.8 Å². The molecule has 1 aromatic rings. The largest absolute Gasteiger partial charge is 0.493 e. The second kappa shape index (κ2) is 6.78. The average molecular weight is 268 g/mol. The highest BCUT2D eigenvalue weighted by Gasteiger charge is 2.33.